The number of aliphatic hydroxyl groups is 2. The predicted octanol–water partition coefficient (Wildman–Crippen LogP) is 3.29. The SMILES string of the molecule is CN(C(O)CCCCCCCCC(N)O)C1CC(C)(C)N(C)C(C)(C)C1. The number of rotatable bonds is 11. The van der Waals surface area contributed by atoms with Gasteiger partial charge in [0.05, 0.1) is 0 Å². The van der Waals surface area contributed by atoms with E-state index in [2.05, 4.69) is 51.6 Å². The highest BCUT2D eigenvalue weighted by Gasteiger charge is 2.44. The van der Waals surface area contributed by atoms with Crippen LogP contribution in [0.1, 0.15) is 91.9 Å². The van der Waals surface area contributed by atoms with Crippen molar-refractivity contribution in [1.29, 1.82) is 0 Å². The maximum atomic E-state index is 10.6. The number of unbranched alkanes of at least 4 members (excludes halogenated alkanes) is 5. The van der Waals surface area contributed by atoms with Gasteiger partial charge in [-0.25, -0.2) is 0 Å². The Morgan fingerprint density at radius 2 is 1.35 bits per heavy atom. The van der Waals surface area contributed by atoms with Gasteiger partial charge in [0.2, 0.25) is 0 Å². The molecule has 1 aliphatic heterocycles. The molecule has 4 N–H and O–H groups in total. The summed E-state index contributed by atoms with van der Waals surface area (Å²) in [6.07, 6.45) is 9.50. The maximum absolute atomic E-state index is 10.6. The molecule has 0 saturated carbocycles. The Kier molecular flexibility index (Phi) is 9.51. The summed E-state index contributed by atoms with van der Waals surface area (Å²) < 4.78 is 0. The molecular formula is C21H45N3O2. The largest absolute Gasteiger partial charge is 0.379 e. The van der Waals surface area contributed by atoms with Crippen molar-refractivity contribution in [1.82, 2.24) is 9.80 Å². The van der Waals surface area contributed by atoms with E-state index in [1.54, 1.807) is 0 Å². The van der Waals surface area contributed by atoms with Crippen LogP contribution in [-0.2, 0) is 0 Å². The Labute approximate surface area is 161 Å². The average molecular weight is 372 g/mol. The summed E-state index contributed by atoms with van der Waals surface area (Å²) >= 11 is 0. The molecule has 2 atom stereocenters. The van der Waals surface area contributed by atoms with Crippen LogP contribution in [-0.4, -0.2) is 63.7 Å². The minimum Gasteiger partial charge on any atom is -0.379 e. The third-order valence-corrected chi connectivity index (χ3v) is 6.54. The van der Waals surface area contributed by atoms with Gasteiger partial charge in [0.1, 0.15) is 12.5 Å². The molecule has 0 bridgehead atoms. The van der Waals surface area contributed by atoms with Crippen molar-refractivity contribution in [2.75, 3.05) is 14.1 Å². The quantitative estimate of drug-likeness (QED) is 0.384. The van der Waals surface area contributed by atoms with Gasteiger partial charge in [-0.1, -0.05) is 25.7 Å². The van der Waals surface area contributed by atoms with E-state index in [1.165, 1.54) is 19.3 Å². The first kappa shape index (κ1) is 23.8. The molecule has 0 aromatic carbocycles. The molecule has 0 aliphatic carbocycles. The molecule has 1 heterocycles. The molecule has 5 heteroatoms. The minimum absolute atomic E-state index is 0.150. The molecule has 156 valence electrons. The Hall–Kier alpha value is -0.200. The Morgan fingerprint density at radius 1 is 0.923 bits per heavy atom. The van der Waals surface area contributed by atoms with Gasteiger partial charge in [-0.05, 0) is 80.3 Å². The molecular weight excluding hydrogens is 326 g/mol. The predicted molar refractivity (Wildman–Crippen MR) is 110 cm³/mol. The third-order valence-electron chi connectivity index (χ3n) is 6.54. The summed E-state index contributed by atoms with van der Waals surface area (Å²) in [4.78, 5) is 4.69. The second kappa shape index (κ2) is 10.4. The van der Waals surface area contributed by atoms with E-state index in [-0.39, 0.29) is 17.3 Å². The number of likely N-dealkylation sites (tertiary alicyclic amines) is 1. The summed E-state index contributed by atoms with van der Waals surface area (Å²) in [5.74, 6) is 0. The molecule has 0 amide bonds. The molecule has 1 rings (SSSR count). The fraction of sp³-hybridized carbons (Fsp3) is 1.00. The zero-order valence-electron chi connectivity index (χ0n) is 18.2. The summed E-state index contributed by atoms with van der Waals surface area (Å²) in [6, 6.07) is 0.425. The molecule has 0 aromatic heterocycles. The first-order valence-electron chi connectivity index (χ1n) is 10.5. The van der Waals surface area contributed by atoms with Gasteiger partial charge in [0.15, 0.2) is 0 Å². The van der Waals surface area contributed by atoms with Gasteiger partial charge >= 0.3 is 0 Å². The van der Waals surface area contributed by atoms with Gasteiger partial charge in [-0.2, -0.15) is 0 Å². The maximum Gasteiger partial charge on any atom is 0.107 e. The molecule has 1 fully saturated rings. The third kappa shape index (κ3) is 7.43. The van der Waals surface area contributed by atoms with Gasteiger partial charge in [-0.3, -0.25) is 9.80 Å². The van der Waals surface area contributed by atoms with E-state index >= 15 is 0 Å². The van der Waals surface area contributed by atoms with Crippen molar-refractivity contribution >= 4 is 0 Å². The normalized spacial score (nSPS) is 23.3. The highest BCUT2D eigenvalue weighted by molar-refractivity contribution is 5.01. The lowest BCUT2D eigenvalue weighted by molar-refractivity contribution is -0.0867. The van der Waals surface area contributed by atoms with Crippen molar-refractivity contribution in [2.24, 2.45) is 5.73 Å². The van der Waals surface area contributed by atoms with Gasteiger partial charge in [0, 0.05) is 17.1 Å². The number of nitrogens with two attached hydrogens (primary N) is 1. The van der Waals surface area contributed by atoms with E-state index in [0.717, 1.165) is 38.5 Å². The monoisotopic (exact) mass is 371 g/mol. The van der Waals surface area contributed by atoms with E-state index in [0.29, 0.717) is 12.5 Å². The number of hydrogen-bond donors (Lipinski definition) is 3. The van der Waals surface area contributed by atoms with Crippen LogP contribution in [0, 0.1) is 0 Å². The van der Waals surface area contributed by atoms with Crippen molar-refractivity contribution in [3.63, 3.8) is 0 Å². The van der Waals surface area contributed by atoms with Crippen LogP contribution in [0.4, 0.5) is 0 Å². The fourth-order valence-corrected chi connectivity index (χ4v) is 4.44. The second-order valence-corrected chi connectivity index (χ2v) is 9.66. The molecule has 0 aromatic rings. The Bertz CT molecular complexity index is 381. The number of nitrogens with zero attached hydrogens (tertiary/aromatic N) is 2. The number of aliphatic hydroxyl groups excluding tert-OH is 2. The van der Waals surface area contributed by atoms with Crippen molar-refractivity contribution < 1.29 is 10.2 Å². The molecule has 0 radical (unpaired) electrons. The lowest BCUT2D eigenvalue weighted by Crippen LogP contribution is -2.63. The zero-order valence-corrected chi connectivity index (χ0v) is 18.2. The van der Waals surface area contributed by atoms with Gasteiger partial charge in [0.25, 0.3) is 0 Å². The molecule has 5 nitrogen and oxygen atoms in total. The fourth-order valence-electron chi connectivity index (χ4n) is 4.44. The first-order chi connectivity index (χ1) is 12.0. The first-order valence-corrected chi connectivity index (χ1v) is 10.5. The summed E-state index contributed by atoms with van der Waals surface area (Å²) in [5, 5.41) is 19.7. The minimum atomic E-state index is -0.657. The molecule has 0 spiro atoms. The number of hydrogen-bond acceptors (Lipinski definition) is 5. The lowest BCUT2D eigenvalue weighted by atomic mass is 9.77. The Morgan fingerprint density at radius 3 is 1.81 bits per heavy atom. The second-order valence-electron chi connectivity index (χ2n) is 9.66. The van der Waals surface area contributed by atoms with Crippen molar-refractivity contribution in [3.05, 3.63) is 0 Å². The zero-order chi connectivity index (χ0) is 20.0. The average Bonchev–Trinajstić information content (AvgIpc) is 2.53. The van der Waals surface area contributed by atoms with Crippen molar-refractivity contribution in [2.45, 2.75) is 121 Å². The van der Waals surface area contributed by atoms with Crippen LogP contribution in [0.2, 0.25) is 0 Å². The number of piperidine rings is 1. The van der Waals surface area contributed by atoms with E-state index in [4.69, 9.17) is 10.8 Å². The highest BCUT2D eigenvalue weighted by Crippen LogP contribution is 2.39. The van der Waals surface area contributed by atoms with E-state index < -0.39 is 6.23 Å². The summed E-state index contributed by atoms with van der Waals surface area (Å²) in [5.41, 5.74) is 5.64. The van der Waals surface area contributed by atoms with Crippen LogP contribution in [0.5, 0.6) is 0 Å². The molecule has 26 heavy (non-hydrogen) atoms. The summed E-state index contributed by atoms with van der Waals surface area (Å²) in [6.45, 7) is 9.24. The van der Waals surface area contributed by atoms with Crippen LogP contribution >= 0.6 is 0 Å². The topological polar surface area (TPSA) is 73.0 Å². The van der Waals surface area contributed by atoms with Gasteiger partial charge in [-0.15, -0.1) is 0 Å². The molecule has 1 saturated heterocycles. The van der Waals surface area contributed by atoms with Crippen molar-refractivity contribution in [3.8, 4) is 0 Å². The van der Waals surface area contributed by atoms with Crippen LogP contribution in [0.25, 0.3) is 0 Å². The molecule has 2 unspecified atom stereocenters. The highest BCUT2D eigenvalue weighted by atomic mass is 16.3. The van der Waals surface area contributed by atoms with Crippen LogP contribution in [0.15, 0.2) is 0 Å². The standard InChI is InChI=1S/C21H45N3O2/c1-20(2)15-17(16-21(3,4)24(20)6)23(5)19(26)14-12-10-8-7-9-11-13-18(22)25/h17-19,25-26H,7-16,22H2,1-6H3. The van der Waals surface area contributed by atoms with Gasteiger partial charge < -0.3 is 15.9 Å². The van der Waals surface area contributed by atoms with E-state index in [9.17, 15) is 5.11 Å². The van der Waals surface area contributed by atoms with Crippen LogP contribution < -0.4 is 5.73 Å². The van der Waals surface area contributed by atoms with E-state index in [1.807, 2.05) is 0 Å². The van der Waals surface area contributed by atoms with Crippen LogP contribution in [0.3, 0.4) is 0 Å². The summed E-state index contributed by atoms with van der Waals surface area (Å²) in [7, 11) is 4.31. The lowest BCUT2D eigenvalue weighted by Gasteiger charge is -2.55. The smallest absolute Gasteiger partial charge is 0.107 e. The molecule has 1 aliphatic rings. The Balaban J connectivity index is 2.29.